The zero-order chi connectivity index (χ0) is 15.1. The van der Waals surface area contributed by atoms with E-state index < -0.39 is 0 Å². The van der Waals surface area contributed by atoms with Gasteiger partial charge in [-0.3, -0.25) is 9.89 Å². The molecule has 1 atom stereocenters. The summed E-state index contributed by atoms with van der Waals surface area (Å²) in [4.78, 5) is 20.9. The number of hydrogen-bond acceptors (Lipinski definition) is 5. The summed E-state index contributed by atoms with van der Waals surface area (Å²) in [5.74, 6) is 0.704. The summed E-state index contributed by atoms with van der Waals surface area (Å²) in [5.41, 5.74) is 2.68. The van der Waals surface area contributed by atoms with Gasteiger partial charge >= 0.3 is 0 Å². The summed E-state index contributed by atoms with van der Waals surface area (Å²) < 4.78 is 0.658. The second-order valence-electron chi connectivity index (χ2n) is 5.35. The van der Waals surface area contributed by atoms with Gasteiger partial charge in [-0.25, -0.2) is 4.98 Å². The van der Waals surface area contributed by atoms with E-state index in [2.05, 4.69) is 37.6 Å². The Bertz CT molecular complexity index is 925. The Kier molecular flexibility index (Phi) is 4.34. The first-order valence-electron chi connectivity index (χ1n) is 7.15. The number of nitrogens with one attached hydrogen (secondary N) is 3. The fourth-order valence-corrected chi connectivity index (χ4v) is 3.73. The summed E-state index contributed by atoms with van der Waals surface area (Å²) >= 11 is 1.45. The number of thiophene rings is 1. The van der Waals surface area contributed by atoms with Gasteiger partial charge in [-0.1, -0.05) is 12.2 Å². The van der Waals surface area contributed by atoms with Gasteiger partial charge in [-0.05, 0) is 19.4 Å². The van der Waals surface area contributed by atoms with Crippen LogP contribution in [0.2, 0.25) is 0 Å². The van der Waals surface area contributed by atoms with Gasteiger partial charge < -0.3 is 10.3 Å². The number of fused-ring (bicyclic) bond motifs is 1. The number of nitrogens with zero attached hydrogens (tertiary/aromatic N) is 2. The SMILES string of the molecule is Cc1[nH]ncc1-c1cc2nc([C@@H]3CC=CCN3)[nH]c(=O)c2s1.Cl. The molecular weight excluding hydrogens is 334 g/mol. The second kappa shape index (κ2) is 6.27. The molecule has 3 aromatic rings. The number of aromatic nitrogens is 4. The Morgan fingerprint density at radius 1 is 1.35 bits per heavy atom. The third-order valence-electron chi connectivity index (χ3n) is 3.85. The van der Waals surface area contributed by atoms with Gasteiger partial charge in [-0.15, -0.1) is 23.7 Å². The molecule has 4 rings (SSSR count). The topological polar surface area (TPSA) is 86.5 Å². The van der Waals surface area contributed by atoms with E-state index in [9.17, 15) is 4.79 Å². The van der Waals surface area contributed by atoms with Crippen molar-refractivity contribution in [2.45, 2.75) is 19.4 Å². The first kappa shape index (κ1) is 15.9. The number of aryl methyl sites for hydroxylation is 1. The van der Waals surface area contributed by atoms with Gasteiger partial charge in [-0.2, -0.15) is 5.10 Å². The van der Waals surface area contributed by atoms with Crippen LogP contribution in [0.5, 0.6) is 0 Å². The number of halogens is 1. The highest BCUT2D eigenvalue weighted by molar-refractivity contribution is 7.22. The lowest BCUT2D eigenvalue weighted by atomic mass is 10.1. The predicted octanol–water partition coefficient (Wildman–Crippen LogP) is 2.70. The highest BCUT2D eigenvalue weighted by Crippen LogP contribution is 2.32. The molecule has 3 aromatic heterocycles. The van der Waals surface area contributed by atoms with Crippen LogP contribution in [-0.4, -0.2) is 26.7 Å². The van der Waals surface area contributed by atoms with E-state index in [1.54, 1.807) is 6.20 Å². The molecule has 0 saturated heterocycles. The Morgan fingerprint density at radius 3 is 2.91 bits per heavy atom. The third kappa shape index (κ3) is 2.83. The minimum Gasteiger partial charge on any atom is -0.308 e. The molecule has 1 aliphatic heterocycles. The van der Waals surface area contributed by atoms with Gasteiger partial charge in [0.15, 0.2) is 0 Å². The monoisotopic (exact) mass is 349 g/mol. The van der Waals surface area contributed by atoms with Crippen LogP contribution in [0.4, 0.5) is 0 Å². The second-order valence-corrected chi connectivity index (χ2v) is 6.41. The van der Waals surface area contributed by atoms with Crippen molar-refractivity contribution < 1.29 is 0 Å². The largest absolute Gasteiger partial charge is 0.308 e. The van der Waals surface area contributed by atoms with E-state index in [-0.39, 0.29) is 24.0 Å². The smallest absolute Gasteiger partial charge is 0.268 e. The summed E-state index contributed by atoms with van der Waals surface area (Å²) in [6.45, 7) is 2.77. The number of hydrogen-bond donors (Lipinski definition) is 3. The quantitative estimate of drug-likeness (QED) is 0.621. The van der Waals surface area contributed by atoms with Crippen molar-refractivity contribution in [2.75, 3.05) is 6.54 Å². The van der Waals surface area contributed by atoms with Gasteiger partial charge in [0.2, 0.25) is 0 Å². The molecule has 0 amide bonds. The van der Waals surface area contributed by atoms with E-state index in [1.807, 2.05) is 13.0 Å². The van der Waals surface area contributed by atoms with E-state index in [0.717, 1.165) is 34.6 Å². The fourth-order valence-electron chi connectivity index (χ4n) is 2.67. The molecule has 0 spiro atoms. The molecule has 6 nitrogen and oxygen atoms in total. The van der Waals surface area contributed by atoms with Crippen molar-refractivity contribution in [1.29, 1.82) is 0 Å². The molecule has 0 bridgehead atoms. The molecule has 0 aliphatic carbocycles. The molecule has 23 heavy (non-hydrogen) atoms. The van der Waals surface area contributed by atoms with Crippen molar-refractivity contribution in [1.82, 2.24) is 25.5 Å². The maximum atomic E-state index is 12.4. The van der Waals surface area contributed by atoms with Crippen LogP contribution < -0.4 is 10.9 Å². The number of aromatic amines is 2. The minimum atomic E-state index is -0.0752. The average molecular weight is 350 g/mol. The van der Waals surface area contributed by atoms with Crippen molar-refractivity contribution in [3.05, 3.63) is 46.3 Å². The first-order valence-corrected chi connectivity index (χ1v) is 7.96. The molecule has 3 N–H and O–H groups in total. The van der Waals surface area contributed by atoms with Gasteiger partial charge in [0.05, 0.1) is 17.8 Å². The summed E-state index contributed by atoms with van der Waals surface area (Å²) in [6.07, 6.45) is 6.81. The van der Waals surface area contributed by atoms with E-state index in [0.29, 0.717) is 10.5 Å². The fraction of sp³-hybridized carbons (Fsp3) is 0.267. The lowest BCUT2D eigenvalue weighted by molar-refractivity contribution is 0.526. The van der Waals surface area contributed by atoms with Crippen molar-refractivity contribution in [3.8, 4) is 10.4 Å². The van der Waals surface area contributed by atoms with Gasteiger partial charge in [0, 0.05) is 22.7 Å². The maximum absolute atomic E-state index is 12.4. The maximum Gasteiger partial charge on any atom is 0.268 e. The molecule has 0 aromatic carbocycles. The highest BCUT2D eigenvalue weighted by Gasteiger charge is 2.18. The lowest BCUT2D eigenvalue weighted by Gasteiger charge is -2.18. The highest BCUT2D eigenvalue weighted by atomic mass is 35.5. The van der Waals surface area contributed by atoms with Crippen LogP contribution in [0.3, 0.4) is 0 Å². The standard InChI is InChI=1S/C15H15N5OS.ClH/c1-8-9(7-17-20-8)12-6-11-13(22-12)15(21)19-14(18-11)10-4-2-3-5-16-10;/h2-3,6-7,10,16H,4-5H2,1H3,(H,17,20)(H,18,19,21);1H/t10-;/m0./s1. The molecule has 8 heteroatoms. The third-order valence-corrected chi connectivity index (χ3v) is 5.00. The number of rotatable bonds is 2. The molecule has 0 unspecified atom stereocenters. The molecule has 4 heterocycles. The van der Waals surface area contributed by atoms with Crippen LogP contribution in [0.25, 0.3) is 20.7 Å². The van der Waals surface area contributed by atoms with Crippen LogP contribution in [0.1, 0.15) is 24.0 Å². The van der Waals surface area contributed by atoms with Crippen molar-refractivity contribution in [3.63, 3.8) is 0 Å². The molecule has 0 fully saturated rings. The Balaban J connectivity index is 0.00000156. The van der Waals surface area contributed by atoms with Crippen LogP contribution in [-0.2, 0) is 0 Å². The van der Waals surface area contributed by atoms with Crippen LogP contribution in [0.15, 0.2) is 29.2 Å². The Morgan fingerprint density at radius 2 is 2.22 bits per heavy atom. The molecule has 1 aliphatic rings. The van der Waals surface area contributed by atoms with E-state index in [1.165, 1.54) is 11.3 Å². The van der Waals surface area contributed by atoms with E-state index >= 15 is 0 Å². The normalized spacial score (nSPS) is 17.3. The summed E-state index contributed by atoms with van der Waals surface area (Å²) in [7, 11) is 0. The predicted molar refractivity (Wildman–Crippen MR) is 94.3 cm³/mol. The minimum absolute atomic E-state index is 0. The number of H-pyrrole nitrogens is 2. The van der Waals surface area contributed by atoms with E-state index in [4.69, 9.17) is 0 Å². The first-order chi connectivity index (χ1) is 10.7. The molecule has 0 radical (unpaired) electrons. The lowest BCUT2D eigenvalue weighted by Crippen LogP contribution is -2.27. The van der Waals surface area contributed by atoms with Crippen LogP contribution in [0, 0.1) is 6.92 Å². The van der Waals surface area contributed by atoms with Crippen molar-refractivity contribution in [2.24, 2.45) is 0 Å². The molecular formula is C15H16ClN5OS. The molecule has 120 valence electrons. The zero-order valence-corrected chi connectivity index (χ0v) is 14.1. The van der Waals surface area contributed by atoms with Gasteiger partial charge in [0.1, 0.15) is 10.5 Å². The Labute approximate surface area is 142 Å². The average Bonchev–Trinajstić information content (AvgIpc) is 3.14. The van der Waals surface area contributed by atoms with Crippen molar-refractivity contribution >= 4 is 34.0 Å². The zero-order valence-electron chi connectivity index (χ0n) is 12.4. The van der Waals surface area contributed by atoms with Gasteiger partial charge in [0.25, 0.3) is 5.56 Å². The van der Waals surface area contributed by atoms with Crippen LogP contribution >= 0.6 is 23.7 Å². The summed E-state index contributed by atoms with van der Waals surface area (Å²) in [5, 5.41) is 10.3. The Hall–Kier alpha value is -1.96. The summed E-state index contributed by atoms with van der Waals surface area (Å²) in [6, 6.07) is 2.04. The molecule has 0 saturated carbocycles.